The van der Waals surface area contributed by atoms with E-state index in [0.29, 0.717) is 36.8 Å². The van der Waals surface area contributed by atoms with Crippen LogP contribution in [-0.2, 0) is 17.9 Å². The lowest BCUT2D eigenvalue weighted by atomic mass is 10.0. The molecule has 1 N–H and O–H groups in total. The van der Waals surface area contributed by atoms with Crippen LogP contribution in [0.1, 0.15) is 40.9 Å². The summed E-state index contributed by atoms with van der Waals surface area (Å²) in [6.45, 7) is 1.18. The van der Waals surface area contributed by atoms with Gasteiger partial charge in [0, 0.05) is 19.3 Å². The van der Waals surface area contributed by atoms with Crippen molar-refractivity contribution in [3.05, 3.63) is 77.6 Å². The molecule has 1 aliphatic heterocycles. The molecule has 2 heterocycles. The normalized spacial score (nSPS) is 15.1. The van der Waals surface area contributed by atoms with Gasteiger partial charge in [-0.3, -0.25) is 14.6 Å². The van der Waals surface area contributed by atoms with Gasteiger partial charge in [-0.1, -0.05) is 18.2 Å². The Labute approximate surface area is 222 Å². The number of nitrogens with one attached hydrogen (secondary N) is 1. The number of nitrogens with zero attached hydrogens (tertiary/aromatic N) is 2. The van der Waals surface area contributed by atoms with Crippen molar-refractivity contribution >= 4 is 11.8 Å². The van der Waals surface area contributed by atoms with Crippen LogP contribution in [0.2, 0.25) is 0 Å². The molecule has 0 aliphatic carbocycles. The molecule has 9 heteroatoms. The van der Waals surface area contributed by atoms with Crippen molar-refractivity contribution in [1.82, 2.24) is 15.2 Å². The zero-order chi connectivity index (χ0) is 26.9. The molecule has 1 saturated heterocycles. The van der Waals surface area contributed by atoms with E-state index in [0.717, 1.165) is 24.1 Å². The van der Waals surface area contributed by atoms with E-state index < -0.39 is 6.04 Å². The predicted octanol–water partition coefficient (Wildman–Crippen LogP) is 4.00. The summed E-state index contributed by atoms with van der Waals surface area (Å²) < 4.78 is 22.3. The second-order valence-corrected chi connectivity index (χ2v) is 8.87. The van der Waals surface area contributed by atoms with E-state index >= 15 is 0 Å². The van der Waals surface area contributed by atoms with Crippen LogP contribution in [0.3, 0.4) is 0 Å². The topological polar surface area (TPSA) is 99.2 Å². The van der Waals surface area contributed by atoms with E-state index in [9.17, 15) is 9.59 Å². The molecule has 0 radical (unpaired) electrons. The molecule has 9 nitrogen and oxygen atoms in total. The summed E-state index contributed by atoms with van der Waals surface area (Å²) >= 11 is 0. The highest BCUT2D eigenvalue weighted by molar-refractivity contribution is 6.00. The molecule has 3 aromatic rings. The van der Waals surface area contributed by atoms with E-state index in [1.165, 1.54) is 21.3 Å². The molecule has 1 atom stereocenters. The summed E-state index contributed by atoms with van der Waals surface area (Å²) in [5, 5.41) is 2.94. The molecule has 1 fully saturated rings. The molecule has 2 aromatic carbocycles. The number of methoxy groups -OCH3 is 3. The first-order valence-electron chi connectivity index (χ1n) is 12.5. The fourth-order valence-corrected chi connectivity index (χ4v) is 4.50. The second kappa shape index (κ2) is 12.8. The van der Waals surface area contributed by atoms with Crippen molar-refractivity contribution in [1.29, 1.82) is 0 Å². The molecular formula is C29H33N3O6. The average Bonchev–Trinajstić information content (AvgIpc) is 3.18. The Morgan fingerprint density at radius 2 is 1.76 bits per heavy atom. The van der Waals surface area contributed by atoms with Crippen molar-refractivity contribution in [2.24, 2.45) is 0 Å². The molecule has 38 heavy (non-hydrogen) atoms. The first kappa shape index (κ1) is 26.8. The van der Waals surface area contributed by atoms with Gasteiger partial charge in [0.25, 0.3) is 5.91 Å². The molecule has 0 spiro atoms. The van der Waals surface area contributed by atoms with Crippen molar-refractivity contribution < 1.29 is 28.5 Å². The summed E-state index contributed by atoms with van der Waals surface area (Å²) in [4.78, 5) is 32.9. The maximum Gasteiger partial charge on any atom is 0.258 e. The fraction of sp³-hybridized carbons (Fsp3) is 0.345. The van der Waals surface area contributed by atoms with Gasteiger partial charge < -0.3 is 29.2 Å². The molecule has 4 rings (SSSR count). The number of carbonyl (C=O) groups is 2. The standard InChI is InChI=1S/C29H33N3O6/c1-35-25-15-14-23(26(36-2)27(25)37-3)29(34)32(24-9-5-7-17-31-28(24)33)18-20-10-12-22(13-11-20)38-19-21-8-4-6-16-30-21/h4,6,8,10-16,24H,5,7,9,17-19H2,1-3H3,(H,31,33)/t24-/m0/s1. The van der Waals surface area contributed by atoms with Gasteiger partial charge in [-0.25, -0.2) is 0 Å². The van der Waals surface area contributed by atoms with Crippen molar-refractivity contribution in [2.45, 2.75) is 38.5 Å². The smallest absolute Gasteiger partial charge is 0.258 e. The van der Waals surface area contributed by atoms with Gasteiger partial charge in [0.1, 0.15) is 18.4 Å². The highest BCUT2D eigenvalue weighted by Crippen LogP contribution is 2.40. The number of rotatable bonds is 10. The monoisotopic (exact) mass is 519 g/mol. The number of benzene rings is 2. The minimum Gasteiger partial charge on any atom is -0.493 e. The summed E-state index contributed by atoms with van der Waals surface area (Å²) in [6, 6.07) is 15.8. The Hall–Kier alpha value is -4.27. The molecular weight excluding hydrogens is 486 g/mol. The minimum atomic E-state index is -0.622. The second-order valence-electron chi connectivity index (χ2n) is 8.87. The number of hydrogen-bond acceptors (Lipinski definition) is 7. The highest BCUT2D eigenvalue weighted by atomic mass is 16.5. The van der Waals surface area contributed by atoms with Crippen molar-refractivity contribution in [3.8, 4) is 23.0 Å². The van der Waals surface area contributed by atoms with E-state index in [-0.39, 0.29) is 29.7 Å². The molecule has 1 aromatic heterocycles. The average molecular weight is 520 g/mol. The zero-order valence-electron chi connectivity index (χ0n) is 21.9. The van der Waals surface area contributed by atoms with Gasteiger partial charge in [-0.15, -0.1) is 0 Å². The molecule has 1 aliphatic rings. The number of hydrogen-bond donors (Lipinski definition) is 1. The quantitative estimate of drug-likeness (QED) is 0.432. The first-order chi connectivity index (χ1) is 18.5. The SMILES string of the molecule is COc1ccc(C(=O)N(Cc2ccc(OCc3ccccn3)cc2)[C@H]2CCCCNC2=O)c(OC)c1OC. The Bertz CT molecular complexity index is 1230. The Morgan fingerprint density at radius 3 is 2.45 bits per heavy atom. The van der Waals surface area contributed by atoms with Crippen LogP contribution in [0.25, 0.3) is 0 Å². The summed E-state index contributed by atoms with van der Waals surface area (Å²) in [5.41, 5.74) is 1.98. The van der Waals surface area contributed by atoms with Gasteiger partial charge in [0.15, 0.2) is 11.5 Å². The van der Waals surface area contributed by atoms with E-state index in [4.69, 9.17) is 18.9 Å². The lowest BCUT2D eigenvalue weighted by Crippen LogP contribution is -2.48. The van der Waals surface area contributed by atoms with Crippen molar-refractivity contribution in [2.75, 3.05) is 27.9 Å². The number of amides is 2. The molecule has 0 unspecified atom stereocenters. The lowest BCUT2D eigenvalue weighted by molar-refractivity contribution is -0.125. The van der Waals surface area contributed by atoms with E-state index in [2.05, 4.69) is 10.3 Å². The van der Waals surface area contributed by atoms with Crippen LogP contribution in [-0.4, -0.2) is 55.6 Å². The minimum absolute atomic E-state index is 0.161. The van der Waals surface area contributed by atoms with Crippen LogP contribution >= 0.6 is 0 Å². The third-order valence-corrected chi connectivity index (χ3v) is 6.47. The summed E-state index contributed by atoms with van der Waals surface area (Å²) in [5.74, 6) is 1.22. The molecule has 200 valence electrons. The highest BCUT2D eigenvalue weighted by Gasteiger charge is 2.34. The Balaban J connectivity index is 1.61. The van der Waals surface area contributed by atoms with Gasteiger partial charge in [0.05, 0.1) is 32.6 Å². The number of pyridine rings is 1. The summed E-state index contributed by atoms with van der Waals surface area (Å²) in [7, 11) is 4.48. The van der Waals surface area contributed by atoms with Gasteiger partial charge in [-0.2, -0.15) is 0 Å². The number of ether oxygens (including phenoxy) is 4. The molecule has 0 bridgehead atoms. The third-order valence-electron chi connectivity index (χ3n) is 6.47. The van der Waals surface area contributed by atoms with Crippen LogP contribution in [0.5, 0.6) is 23.0 Å². The molecule has 0 saturated carbocycles. The van der Waals surface area contributed by atoms with Crippen LogP contribution in [0.15, 0.2) is 60.8 Å². The van der Waals surface area contributed by atoms with Gasteiger partial charge >= 0.3 is 0 Å². The lowest BCUT2D eigenvalue weighted by Gasteiger charge is -2.31. The Morgan fingerprint density at radius 1 is 0.974 bits per heavy atom. The van der Waals surface area contributed by atoms with Crippen molar-refractivity contribution in [3.63, 3.8) is 0 Å². The maximum atomic E-state index is 14.0. The largest absolute Gasteiger partial charge is 0.493 e. The van der Waals surface area contributed by atoms with Gasteiger partial charge in [-0.05, 0) is 61.2 Å². The fourth-order valence-electron chi connectivity index (χ4n) is 4.50. The van der Waals surface area contributed by atoms with E-state index in [1.807, 2.05) is 42.5 Å². The summed E-state index contributed by atoms with van der Waals surface area (Å²) in [6.07, 6.45) is 3.99. The van der Waals surface area contributed by atoms with E-state index in [1.54, 1.807) is 23.2 Å². The zero-order valence-corrected chi connectivity index (χ0v) is 21.9. The van der Waals surface area contributed by atoms with Crippen LogP contribution in [0, 0.1) is 0 Å². The van der Waals surface area contributed by atoms with Gasteiger partial charge in [0.2, 0.25) is 11.7 Å². The predicted molar refractivity (Wildman–Crippen MR) is 142 cm³/mol. The first-order valence-corrected chi connectivity index (χ1v) is 12.5. The van der Waals surface area contributed by atoms with Crippen LogP contribution in [0.4, 0.5) is 0 Å². The third kappa shape index (κ3) is 6.16. The number of carbonyl (C=O) groups excluding carboxylic acids is 2. The molecule has 2 amide bonds. The maximum absolute atomic E-state index is 14.0. The number of aromatic nitrogens is 1. The Kier molecular flexibility index (Phi) is 9.02. The van der Waals surface area contributed by atoms with Crippen LogP contribution < -0.4 is 24.3 Å².